The van der Waals surface area contributed by atoms with Gasteiger partial charge in [0.25, 0.3) is 0 Å². The number of thiazole rings is 1. The lowest BCUT2D eigenvalue weighted by molar-refractivity contribution is 0.397. The van der Waals surface area contributed by atoms with Crippen LogP contribution in [0.2, 0.25) is 0 Å². The van der Waals surface area contributed by atoms with Gasteiger partial charge in [0, 0.05) is 117 Å². The van der Waals surface area contributed by atoms with Gasteiger partial charge in [0.1, 0.15) is 11.6 Å². The van der Waals surface area contributed by atoms with Crippen molar-refractivity contribution < 1.29 is 4.52 Å². The van der Waals surface area contributed by atoms with Crippen LogP contribution in [0.1, 0.15) is 77.6 Å². The van der Waals surface area contributed by atoms with E-state index >= 15 is 0 Å². The predicted octanol–water partition coefficient (Wildman–Crippen LogP) is 14.3. The lowest BCUT2D eigenvalue weighted by Gasteiger charge is -1.89. The van der Waals surface area contributed by atoms with E-state index < -0.39 is 0 Å². The van der Waals surface area contributed by atoms with Crippen molar-refractivity contribution in [1.82, 2.24) is 43.8 Å². The summed E-state index contributed by atoms with van der Waals surface area (Å²) < 4.78 is 12.3. The molecule has 0 saturated carbocycles. The number of aryl methyl sites for hydroxylation is 12. The topological polar surface area (TPSA) is 122 Å². The van der Waals surface area contributed by atoms with Gasteiger partial charge in [-0.05, 0) is 124 Å². The molecule has 12 nitrogen and oxygen atoms in total. The Hall–Kier alpha value is -7.03. The van der Waals surface area contributed by atoms with Crippen LogP contribution in [0.3, 0.4) is 0 Å². The summed E-state index contributed by atoms with van der Waals surface area (Å²) in [7, 11) is 7.85. The van der Waals surface area contributed by atoms with E-state index in [0.29, 0.717) is 0 Å². The maximum Gasteiger partial charge on any atom is 0.133 e. The average molecular weight is 998 g/mol. The van der Waals surface area contributed by atoms with E-state index in [1.165, 1.54) is 50.0 Å². The summed E-state index contributed by atoms with van der Waals surface area (Å²) in [5.41, 5.74) is 10.8. The number of benzene rings is 1. The van der Waals surface area contributed by atoms with E-state index in [1.807, 2.05) is 164 Å². The van der Waals surface area contributed by atoms with E-state index in [-0.39, 0.29) is 0 Å². The molecule has 9 heterocycles. The molecule has 1 aliphatic carbocycles. The lowest BCUT2D eigenvalue weighted by atomic mass is 10.2. The van der Waals surface area contributed by atoms with Crippen molar-refractivity contribution in [2.75, 3.05) is 6.54 Å². The zero-order valence-electron chi connectivity index (χ0n) is 44.9. The first kappa shape index (κ1) is 62.0. The number of allylic oxidation sites excluding steroid dienone is 6. The van der Waals surface area contributed by atoms with Crippen LogP contribution in [0.15, 0.2) is 189 Å². The highest BCUT2D eigenvalue weighted by Gasteiger charge is 1.90. The fourth-order valence-electron chi connectivity index (χ4n) is 4.85. The first-order chi connectivity index (χ1) is 34.0. The molecule has 3 aliphatic rings. The maximum atomic E-state index is 4.58. The third-order valence-electron chi connectivity index (χ3n) is 9.48. The Kier molecular flexibility index (Phi) is 33.9. The van der Waals surface area contributed by atoms with Crippen molar-refractivity contribution in [2.45, 2.75) is 89.0 Å². The van der Waals surface area contributed by atoms with Gasteiger partial charge in [-0.2, -0.15) is 10.2 Å². The van der Waals surface area contributed by atoms with Crippen molar-refractivity contribution >= 4 is 34.6 Å². The molecule has 0 N–H and O–H groups in total. The van der Waals surface area contributed by atoms with Crippen molar-refractivity contribution in [2.24, 2.45) is 38.2 Å². The van der Waals surface area contributed by atoms with E-state index in [0.717, 1.165) is 30.2 Å². The van der Waals surface area contributed by atoms with Gasteiger partial charge in [-0.25, -0.2) is 4.98 Å². The van der Waals surface area contributed by atoms with E-state index in [1.54, 1.807) is 52.0 Å². The molecule has 0 spiro atoms. The minimum atomic E-state index is 0.856. The van der Waals surface area contributed by atoms with Crippen LogP contribution in [0.5, 0.6) is 0 Å². The lowest BCUT2D eigenvalue weighted by Crippen LogP contribution is -1.90. The van der Waals surface area contributed by atoms with Crippen LogP contribution in [0.25, 0.3) is 0 Å². The first-order valence-electron chi connectivity index (χ1n) is 23.3. The number of aromatic nitrogens is 9. The fourth-order valence-corrected chi connectivity index (χ4v) is 5.79. The van der Waals surface area contributed by atoms with E-state index in [9.17, 15) is 0 Å². The van der Waals surface area contributed by atoms with Crippen molar-refractivity contribution in [3.63, 3.8) is 0 Å². The minimum absolute atomic E-state index is 0.856. The predicted molar refractivity (Wildman–Crippen MR) is 304 cm³/mol. The molecule has 0 saturated heterocycles. The zero-order valence-corrected chi connectivity index (χ0v) is 46.6. The first-order valence-corrected chi connectivity index (χ1v) is 25.1. The summed E-state index contributed by atoms with van der Waals surface area (Å²) in [4.78, 5) is 18.4. The van der Waals surface area contributed by atoms with Crippen molar-refractivity contribution in [3.8, 4) is 0 Å². The van der Waals surface area contributed by atoms with Gasteiger partial charge >= 0.3 is 0 Å². The van der Waals surface area contributed by atoms with Crippen LogP contribution in [-0.4, -0.2) is 62.3 Å². The third-order valence-corrected chi connectivity index (χ3v) is 11.0. The summed E-state index contributed by atoms with van der Waals surface area (Å²) in [5, 5.41) is 13.5. The maximum absolute atomic E-state index is 4.58. The number of thiophene rings is 1. The average Bonchev–Trinajstić information content (AvgIpc) is 4.17. The zero-order chi connectivity index (χ0) is 52.7. The fraction of sp³-hybridized carbons (Fsp3) is 0.316. The monoisotopic (exact) mass is 998 g/mol. The number of hydrogen-bond donors (Lipinski definition) is 0. The number of hydrogen-bond acceptors (Lipinski definition) is 10. The Balaban J connectivity index is 0.000000391. The molecule has 0 fully saturated rings. The Morgan fingerprint density at radius 3 is 1.55 bits per heavy atom. The van der Waals surface area contributed by atoms with Crippen LogP contribution in [0, 0.1) is 55.4 Å². The third kappa shape index (κ3) is 34.8. The van der Waals surface area contributed by atoms with Crippen LogP contribution in [0.4, 0.5) is 0 Å². The number of nitrogens with zero attached hydrogens (tertiary/aromatic N) is 11. The normalized spacial score (nSPS) is 11.5. The number of rotatable bonds is 0. The Bertz CT molecular complexity index is 2370. The smallest absolute Gasteiger partial charge is 0.133 e. The number of imidazole rings is 1. The largest absolute Gasteiger partial charge is 0.362 e. The molecular weight excluding hydrogens is 919 g/mol. The van der Waals surface area contributed by atoms with E-state index in [2.05, 4.69) is 139 Å². The van der Waals surface area contributed by atoms with Gasteiger partial charge in [0.05, 0.1) is 23.9 Å². The molecule has 8 aromatic rings. The summed E-state index contributed by atoms with van der Waals surface area (Å²) >= 11 is 3.44. The van der Waals surface area contributed by atoms with Crippen LogP contribution < -0.4 is 0 Å². The molecule has 0 atom stereocenters. The van der Waals surface area contributed by atoms with Crippen molar-refractivity contribution in [1.29, 1.82) is 0 Å². The van der Waals surface area contributed by atoms with Gasteiger partial charge in [0.2, 0.25) is 0 Å². The summed E-state index contributed by atoms with van der Waals surface area (Å²) in [6.07, 6.45) is 29.3. The highest BCUT2D eigenvalue weighted by atomic mass is 32.1. The standard InChI is InChI=1S/C7H8.C6H9N.C6H8.3C5H8N2.2C5H7N.C5H6S.C4H5NO.C4H5NS/c1-7-5-3-2-4-6-7;1-6-4-3-5-7(6)2;1-6-4-2-3-5-6;1-5-6-3-4-7(5)2;1-5-3-4-7(2)6-5;1-5-3-4-6-7(5)2;1-5-2-3-6-4-5;2*1-5-3-2-4-6-5;1-4-2-3-5-6-4;1-4-2-5-3-6-4/h2-6H,1H3;3-5H,1-2H3;2-4H,5H2,1H3;3*3-4H,1-2H3;2-3H,4H2,1H3;2,4H,3H2,1H3;2-4H,1H3;2*2-3H,1H3. The molecule has 0 bridgehead atoms. The highest BCUT2D eigenvalue weighted by Crippen LogP contribution is 2.07. The molecule has 7 aromatic heterocycles. The van der Waals surface area contributed by atoms with Crippen LogP contribution >= 0.6 is 22.7 Å². The Morgan fingerprint density at radius 1 is 0.620 bits per heavy atom. The van der Waals surface area contributed by atoms with Gasteiger partial charge in [0.15, 0.2) is 0 Å². The van der Waals surface area contributed by atoms with Crippen LogP contribution in [-0.2, 0) is 28.2 Å². The second-order valence-corrected chi connectivity index (χ2v) is 18.5. The second kappa shape index (κ2) is 38.8. The Morgan fingerprint density at radius 2 is 1.38 bits per heavy atom. The quantitative estimate of drug-likeness (QED) is 0.149. The summed E-state index contributed by atoms with van der Waals surface area (Å²) in [6, 6.07) is 24.3. The van der Waals surface area contributed by atoms with Gasteiger partial charge in [-0.15, -0.1) is 22.7 Å². The molecule has 1 aromatic carbocycles. The summed E-state index contributed by atoms with van der Waals surface area (Å²) in [6.45, 7) is 23.3. The second-order valence-electron chi connectivity index (χ2n) is 16.3. The molecule has 71 heavy (non-hydrogen) atoms. The molecule has 380 valence electrons. The van der Waals surface area contributed by atoms with Gasteiger partial charge in [-0.1, -0.05) is 82.6 Å². The van der Waals surface area contributed by atoms with E-state index in [4.69, 9.17) is 0 Å². The molecular formula is C57H79N11OS2. The molecule has 0 amide bonds. The summed E-state index contributed by atoms with van der Waals surface area (Å²) in [5.74, 6) is 1.91. The van der Waals surface area contributed by atoms with Gasteiger partial charge in [-0.3, -0.25) is 24.3 Å². The minimum Gasteiger partial charge on any atom is -0.362 e. The van der Waals surface area contributed by atoms with Crippen molar-refractivity contribution in [3.05, 3.63) is 219 Å². The molecule has 0 unspecified atom stereocenters. The highest BCUT2D eigenvalue weighted by molar-refractivity contribution is 7.09. The molecule has 14 heteroatoms. The molecule has 11 rings (SSSR count). The molecule has 0 radical (unpaired) electrons. The SMILES string of the molecule is CC1=CC=CC1.CC1=CC=NC1.CC1=NC=CC1.Cc1ccccc1.Cc1cccn1C.Cc1cccs1.Cc1ccn(C)n1.Cc1ccnn1C.Cc1ccno1.Cc1cncs1.Cc1nccn1C. The number of aliphatic imine (C=N–C) groups is 2. The Labute approximate surface area is 433 Å². The van der Waals surface area contributed by atoms with Gasteiger partial charge < -0.3 is 13.7 Å². The molecule has 2 aliphatic heterocycles.